The van der Waals surface area contributed by atoms with Gasteiger partial charge in [-0.1, -0.05) is 6.07 Å². The highest BCUT2D eigenvalue weighted by Crippen LogP contribution is 2.30. The van der Waals surface area contributed by atoms with E-state index in [4.69, 9.17) is 9.47 Å². The van der Waals surface area contributed by atoms with Crippen molar-refractivity contribution >= 4 is 17.5 Å². The summed E-state index contributed by atoms with van der Waals surface area (Å²) < 4.78 is 10.7. The molecule has 0 heterocycles. The lowest BCUT2D eigenvalue weighted by Crippen LogP contribution is -2.38. The zero-order valence-corrected chi connectivity index (χ0v) is 16.5. The number of ether oxygens (including phenoxy) is 2. The maximum absolute atomic E-state index is 12.7. The van der Waals surface area contributed by atoms with Crippen molar-refractivity contribution in [2.75, 3.05) is 19.0 Å². The summed E-state index contributed by atoms with van der Waals surface area (Å²) in [5, 5.41) is 2.76. The fourth-order valence-electron chi connectivity index (χ4n) is 3.06. The smallest absolute Gasteiger partial charge is 0.262 e. The van der Waals surface area contributed by atoms with E-state index in [1.807, 2.05) is 18.7 Å². The Hall–Kier alpha value is -3.02. The third kappa shape index (κ3) is 5.03. The third-order valence-electron chi connectivity index (χ3n) is 4.56. The van der Waals surface area contributed by atoms with Gasteiger partial charge in [-0.25, -0.2) is 0 Å². The van der Waals surface area contributed by atoms with Gasteiger partial charge in [0, 0.05) is 29.4 Å². The molecule has 6 heteroatoms. The first kappa shape index (κ1) is 19.7. The van der Waals surface area contributed by atoms with Crippen LogP contribution in [0.15, 0.2) is 48.5 Å². The van der Waals surface area contributed by atoms with Gasteiger partial charge in [-0.15, -0.1) is 0 Å². The standard InChI is InChI=1S/C22H26N2O4/c1-15(2)24(18-9-10-18)22(26)16-7-11-19(12-8-16)28-14-21(25)23-17-5-4-6-20(13-17)27-3/h4-8,11-13,15,18H,9-10,14H2,1-3H3,(H,23,25). The van der Waals surface area contributed by atoms with Crippen molar-refractivity contribution < 1.29 is 19.1 Å². The fraction of sp³-hybridized carbons (Fsp3) is 0.364. The van der Waals surface area contributed by atoms with E-state index in [0.717, 1.165) is 12.8 Å². The third-order valence-corrected chi connectivity index (χ3v) is 4.56. The van der Waals surface area contributed by atoms with Crippen LogP contribution in [0.5, 0.6) is 11.5 Å². The van der Waals surface area contributed by atoms with E-state index >= 15 is 0 Å². The van der Waals surface area contributed by atoms with Crippen LogP contribution in [-0.4, -0.2) is 42.5 Å². The minimum Gasteiger partial charge on any atom is -0.497 e. The Morgan fingerprint density at radius 3 is 2.43 bits per heavy atom. The normalized spacial score (nSPS) is 13.1. The summed E-state index contributed by atoms with van der Waals surface area (Å²) in [7, 11) is 1.57. The van der Waals surface area contributed by atoms with E-state index in [2.05, 4.69) is 5.32 Å². The molecular weight excluding hydrogens is 356 g/mol. The number of carbonyl (C=O) groups is 2. The van der Waals surface area contributed by atoms with Crippen molar-refractivity contribution in [2.24, 2.45) is 0 Å². The van der Waals surface area contributed by atoms with Gasteiger partial charge < -0.3 is 19.7 Å². The molecule has 3 rings (SSSR count). The summed E-state index contributed by atoms with van der Waals surface area (Å²) in [5.41, 5.74) is 1.27. The average Bonchev–Trinajstić information content (AvgIpc) is 3.51. The number of nitrogens with zero attached hydrogens (tertiary/aromatic N) is 1. The van der Waals surface area contributed by atoms with E-state index in [-0.39, 0.29) is 24.5 Å². The summed E-state index contributed by atoms with van der Waals surface area (Å²) in [5.74, 6) is 0.980. The van der Waals surface area contributed by atoms with E-state index in [1.54, 1.807) is 55.6 Å². The average molecular weight is 382 g/mol. The Morgan fingerprint density at radius 2 is 1.82 bits per heavy atom. The molecule has 2 amide bonds. The topological polar surface area (TPSA) is 67.9 Å². The second-order valence-corrected chi connectivity index (χ2v) is 7.13. The maximum Gasteiger partial charge on any atom is 0.262 e. The molecule has 6 nitrogen and oxygen atoms in total. The lowest BCUT2D eigenvalue weighted by atomic mass is 10.1. The van der Waals surface area contributed by atoms with Crippen molar-refractivity contribution in [1.29, 1.82) is 0 Å². The predicted octanol–water partition coefficient (Wildman–Crippen LogP) is 3.73. The Kier molecular flexibility index (Phi) is 6.19. The molecule has 0 aliphatic heterocycles. The van der Waals surface area contributed by atoms with Gasteiger partial charge in [0.25, 0.3) is 11.8 Å². The quantitative estimate of drug-likeness (QED) is 0.755. The molecule has 1 aliphatic carbocycles. The van der Waals surface area contributed by atoms with Crippen LogP contribution in [0.1, 0.15) is 37.0 Å². The SMILES string of the molecule is COc1cccc(NC(=O)COc2ccc(C(=O)N(C(C)C)C3CC3)cc2)c1. The van der Waals surface area contributed by atoms with Crippen molar-refractivity contribution in [1.82, 2.24) is 4.90 Å². The van der Waals surface area contributed by atoms with Gasteiger partial charge in [0.15, 0.2) is 6.61 Å². The molecule has 0 radical (unpaired) electrons. The minimum absolute atomic E-state index is 0.0415. The summed E-state index contributed by atoms with van der Waals surface area (Å²) in [6, 6.07) is 14.6. The highest BCUT2D eigenvalue weighted by Gasteiger charge is 2.34. The summed E-state index contributed by atoms with van der Waals surface area (Å²) in [4.78, 5) is 26.7. The Labute approximate surface area is 165 Å². The van der Waals surface area contributed by atoms with Gasteiger partial charge in [-0.05, 0) is 63.1 Å². The number of nitrogens with one attached hydrogen (secondary N) is 1. The Bertz CT molecular complexity index is 827. The van der Waals surface area contributed by atoms with E-state index in [9.17, 15) is 9.59 Å². The molecule has 148 valence electrons. The van der Waals surface area contributed by atoms with E-state index in [0.29, 0.717) is 28.8 Å². The summed E-state index contributed by atoms with van der Waals surface area (Å²) in [6.45, 7) is 3.95. The first-order valence-electron chi connectivity index (χ1n) is 9.47. The zero-order valence-electron chi connectivity index (χ0n) is 16.5. The molecule has 0 aromatic heterocycles. The number of carbonyl (C=O) groups excluding carboxylic acids is 2. The van der Waals surface area contributed by atoms with Crippen molar-refractivity contribution in [2.45, 2.75) is 38.8 Å². The monoisotopic (exact) mass is 382 g/mol. The Balaban J connectivity index is 1.54. The molecule has 0 spiro atoms. The molecule has 1 saturated carbocycles. The summed E-state index contributed by atoms with van der Waals surface area (Å²) in [6.07, 6.45) is 2.15. The van der Waals surface area contributed by atoms with Crippen molar-refractivity contribution in [3.05, 3.63) is 54.1 Å². The largest absolute Gasteiger partial charge is 0.497 e. The van der Waals surface area contributed by atoms with E-state index < -0.39 is 0 Å². The first-order valence-corrected chi connectivity index (χ1v) is 9.47. The first-order chi connectivity index (χ1) is 13.5. The fourth-order valence-corrected chi connectivity index (χ4v) is 3.06. The Morgan fingerprint density at radius 1 is 1.11 bits per heavy atom. The maximum atomic E-state index is 12.7. The van der Waals surface area contributed by atoms with Gasteiger partial charge >= 0.3 is 0 Å². The second-order valence-electron chi connectivity index (χ2n) is 7.13. The molecule has 1 N–H and O–H groups in total. The predicted molar refractivity (Wildman–Crippen MR) is 108 cm³/mol. The van der Waals surface area contributed by atoms with Gasteiger partial charge in [0.1, 0.15) is 11.5 Å². The van der Waals surface area contributed by atoms with Crippen LogP contribution < -0.4 is 14.8 Å². The summed E-state index contributed by atoms with van der Waals surface area (Å²) >= 11 is 0. The molecule has 2 aromatic carbocycles. The van der Waals surface area contributed by atoms with Crippen LogP contribution in [0.4, 0.5) is 5.69 Å². The van der Waals surface area contributed by atoms with Crippen LogP contribution >= 0.6 is 0 Å². The van der Waals surface area contributed by atoms with Crippen LogP contribution in [0, 0.1) is 0 Å². The number of amides is 2. The number of benzene rings is 2. The highest BCUT2D eigenvalue weighted by atomic mass is 16.5. The molecule has 1 fully saturated rings. The number of anilines is 1. The van der Waals surface area contributed by atoms with Crippen LogP contribution in [0.25, 0.3) is 0 Å². The highest BCUT2D eigenvalue weighted by molar-refractivity contribution is 5.95. The molecule has 28 heavy (non-hydrogen) atoms. The van der Waals surface area contributed by atoms with E-state index in [1.165, 1.54) is 0 Å². The van der Waals surface area contributed by atoms with Gasteiger partial charge in [0.2, 0.25) is 0 Å². The van der Waals surface area contributed by atoms with Crippen LogP contribution in [0.3, 0.4) is 0 Å². The minimum atomic E-state index is -0.270. The second kappa shape index (κ2) is 8.78. The molecule has 0 unspecified atom stereocenters. The number of methoxy groups -OCH3 is 1. The lowest BCUT2D eigenvalue weighted by molar-refractivity contribution is -0.118. The lowest BCUT2D eigenvalue weighted by Gasteiger charge is -2.26. The van der Waals surface area contributed by atoms with Gasteiger partial charge in [-0.3, -0.25) is 9.59 Å². The molecule has 2 aromatic rings. The van der Waals surface area contributed by atoms with Gasteiger partial charge in [-0.2, -0.15) is 0 Å². The van der Waals surface area contributed by atoms with Crippen molar-refractivity contribution in [3.8, 4) is 11.5 Å². The van der Waals surface area contributed by atoms with Crippen LogP contribution in [-0.2, 0) is 4.79 Å². The number of hydrogen-bond donors (Lipinski definition) is 1. The van der Waals surface area contributed by atoms with Crippen molar-refractivity contribution in [3.63, 3.8) is 0 Å². The molecule has 0 bridgehead atoms. The number of rotatable bonds is 8. The number of hydrogen-bond acceptors (Lipinski definition) is 4. The molecule has 1 aliphatic rings. The molecule has 0 atom stereocenters. The van der Waals surface area contributed by atoms with Crippen LogP contribution in [0.2, 0.25) is 0 Å². The zero-order chi connectivity index (χ0) is 20.1. The molecular formula is C22H26N2O4. The molecule has 0 saturated heterocycles. The van der Waals surface area contributed by atoms with Gasteiger partial charge in [0.05, 0.1) is 7.11 Å².